The van der Waals surface area contributed by atoms with Crippen molar-refractivity contribution in [1.82, 2.24) is 20.1 Å². The smallest absolute Gasteiger partial charge is 0.228 e. The number of carbonyl (C=O) groups is 2. The van der Waals surface area contributed by atoms with E-state index in [2.05, 4.69) is 34.6 Å². The molecule has 2 amide bonds. The Kier molecular flexibility index (Phi) is 5.57. The SMILES string of the molecule is CC(=O)N[C@@H]1CCC[C@@H](C(=O)Nc2cc(-c3cnn4c3CC(C)(C)C4)c(Cl)cn2)C1. The molecule has 0 spiro atoms. The quantitative estimate of drug-likeness (QED) is 0.773. The maximum absolute atomic E-state index is 12.8. The standard InChI is InChI=1S/C22H28ClN5O2/c1-13(29)26-15-6-4-5-14(7-15)21(30)27-20-8-16(18(23)11-24-20)17-10-25-28-12-22(2,3)9-19(17)28/h8,10-11,14-15H,4-7,9,12H2,1-3H3,(H,26,29)(H,24,27,30)/t14-,15-/m1/s1. The summed E-state index contributed by atoms with van der Waals surface area (Å²) in [6, 6.07) is 1.89. The van der Waals surface area contributed by atoms with Crippen LogP contribution < -0.4 is 10.6 Å². The summed E-state index contributed by atoms with van der Waals surface area (Å²) in [6.45, 7) is 6.84. The Morgan fingerprint density at radius 3 is 2.80 bits per heavy atom. The monoisotopic (exact) mass is 429 g/mol. The molecule has 7 nitrogen and oxygen atoms in total. The molecule has 30 heavy (non-hydrogen) atoms. The summed E-state index contributed by atoms with van der Waals surface area (Å²) >= 11 is 6.46. The van der Waals surface area contributed by atoms with Crippen molar-refractivity contribution in [1.29, 1.82) is 0 Å². The van der Waals surface area contributed by atoms with Crippen LogP contribution in [-0.4, -0.2) is 32.6 Å². The van der Waals surface area contributed by atoms with Gasteiger partial charge in [0.15, 0.2) is 0 Å². The van der Waals surface area contributed by atoms with Gasteiger partial charge in [-0.25, -0.2) is 4.98 Å². The third kappa shape index (κ3) is 4.36. The van der Waals surface area contributed by atoms with E-state index < -0.39 is 0 Å². The highest BCUT2D eigenvalue weighted by Crippen LogP contribution is 2.39. The van der Waals surface area contributed by atoms with Crippen LogP contribution in [0.15, 0.2) is 18.5 Å². The fourth-order valence-corrected chi connectivity index (χ4v) is 4.87. The molecule has 3 heterocycles. The van der Waals surface area contributed by atoms with Gasteiger partial charge in [0.2, 0.25) is 11.8 Å². The number of fused-ring (bicyclic) bond motifs is 1. The van der Waals surface area contributed by atoms with Crippen molar-refractivity contribution in [2.45, 2.75) is 65.5 Å². The minimum absolute atomic E-state index is 0.0537. The highest BCUT2D eigenvalue weighted by atomic mass is 35.5. The minimum Gasteiger partial charge on any atom is -0.354 e. The van der Waals surface area contributed by atoms with Crippen molar-refractivity contribution in [3.05, 3.63) is 29.2 Å². The number of carbonyl (C=O) groups excluding carboxylic acids is 2. The molecule has 2 atom stereocenters. The number of anilines is 1. The Balaban J connectivity index is 1.51. The predicted octanol–water partition coefficient (Wildman–Crippen LogP) is 3.81. The number of halogens is 1. The van der Waals surface area contributed by atoms with Gasteiger partial charge in [0.25, 0.3) is 0 Å². The van der Waals surface area contributed by atoms with Crippen LogP contribution in [0.25, 0.3) is 11.1 Å². The van der Waals surface area contributed by atoms with E-state index in [4.69, 9.17) is 11.6 Å². The summed E-state index contributed by atoms with van der Waals surface area (Å²) < 4.78 is 2.04. The molecular formula is C22H28ClN5O2. The first kappa shape index (κ1) is 20.8. The first-order valence-electron chi connectivity index (χ1n) is 10.5. The summed E-state index contributed by atoms with van der Waals surface area (Å²) in [5.74, 6) is 0.227. The van der Waals surface area contributed by atoms with Crippen molar-refractivity contribution < 1.29 is 9.59 Å². The fraction of sp³-hybridized carbons (Fsp3) is 0.545. The van der Waals surface area contributed by atoms with Crippen LogP contribution in [0, 0.1) is 11.3 Å². The van der Waals surface area contributed by atoms with Crippen molar-refractivity contribution in [3.63, 3.8) is 0 Å². The molecule has 160 valence electrons. The zero-order valence-electron chi connectivity index (χ0n) is 17.7. The lowest BCUT2D eigenvalue weighted by atomic mass is 9.85. The molecule has 2 N–H and O–H groups in total. The lowest BCUT2D eigenvalue weighted by molar-refractivity contribution is -0.123. The van der Waals surface area contributed by atoms with E-state index in [1.165, 1.54) is 6.92 Å². The molecule has 1 saturated carbocycles. The molecule has 4 rings (SSSR count). The van der Waals surface area contributed by atoms with Gasteiger partial charge >= 0.3 is 0 Å². The van der Waals surface area contributed by atoms with Gasteiger partial charge in [-0.1, -0.05) is 31.9 Å². The van der Waals surface area contributed by atoms with Gasteiger partial charge in [0.1, 0.15) is 5.82 Å². The molecule has 0 unspecified atom stereocenters. The van der Waals surface area contributed by atoms with E-state index in [1.54, 1.807) is 6.20 Å². The molecule has 0 saturated heterocycles. The second-order valence-corrected chi connectivity index (χ2v) is 9.71. The van der Waals surface area contributed by atoms with E-state index >= 15 is 0 Å². The average Bonchev–Trinajstić information content (AvgIpc) is 3.18. The molecule has 2 aliphatic rings. The Morgan fingerprint density at radius 1 is 1.23 bits per heavy atom. The predicted molar refractivity (Wildman–Crippen MR) is 116 cm³/mol. The fourth-order valence-electron chi connectivity index (χ4n) is 4.66. The van der Waals surface area contributed by atoms with Crippen LogP contribution in [0.3, 0.4) is 0 Å². The Bertz CT molecular complexity index is 984. The maximum atomic E-state index is 12.8. The van der Waals surface area contributed by atoms with Crippen molar-refractivity contribution in [2.24, 2.45) is 11.3 Å². The largest absolute Gasteiger partial charge is 0.354 e. The van der Waals surface area contributed by atoms with E-state index in [0.29, 0.717) is 17.3 Å². The first-order valence-corrected chi connectivity index (χ1v) is 10.9. The molecule has 8 heteroatoms. The van der Waals surface area contributed by atoms with Crippen molar-refractivity contribution >= 4 is 29.2 Å². The van der Waals surface area contributed by atoms with Crippen molar-refractivity contribution in [2.75, 3.05) is 5.32 Å². The lowest BCUT2D eigenvalue weighted by Gasteiger charge is -2.28. The number of rotatable bonds is 4. The average molecular weight is 430 g/mol. The second kappa shape index (κ2) is 8.02. The van der Waals surface area contributed by atoms with Gasteiger partial charge in [0, 0.05) is 48.4 Å². The second-order valence-electron chi connectivity index (χ2n) is 9.30. The number of nitrogens with zero attached hydrogens (tertiary/aromatic N) is 3. The van der Waals surface area contributed by atoms with E-state index in [9.17, 15) is 9.59 Å². The molecule has 2 aromatic rings. The van der Waals surface area contributed by atoms with Gasteiger partial charge < -0.3 is 10.6 Å². The number of pyridine rings is 1. The van der Waals surface area contributed by atoms with Gasteiger partial charge in [-0.2, -0.15) is 5.10 Å². The van der Waals surface area contributed by atoms with Gasteiger partial charge in [0.05, 0.1) is 11.2 Å². The van der Waals surface area contributed by atoms with Crippen LogP contribution in [0.2, 0.25) is 5.02 Å². The van der Waals surface area contributed by atoms with Crippen LogP contribution in [0.1, 0.15) is 52.1 Å². The lowest BCUT2D eigenvalue weighted by Crippen LogP contribution is -2.40. The molecular weight excluding hydrogens is 402 g/mol. The van der Waals surface area contributed by atoms with Crippen LogP contribution in [0.5, 0.6) is 0 Å². The Morgan fingerprint density at radius 2 is 2.03 bits per heavy atom. The van der Waals surface area contributed by atoms with Crippen molar-refractivity contribution in [3.8, 4) is 11.1 Å². The number of hydrogen-bond acceptors (Lipinski definition) is 4. The highest BCUT2D eigenvalue weighted by Gasteiger charge is 2.32. The molecule has 0 radical (unpaired) electrons. The zero-order valence-corrected chi connectivity index (χ0v) is 18.4. The summed E-state index contributed by atoms with van der Waals surface area (Å²) in [6.07, 6.45) is 7.65. The molecule has 1 fully saturated rings. The van der Waals surface area contributed by atoms with Crippen LogP contribution >= 0.6 is 11.6 Å². The third-order valence-corrected chi connectivity index (χ3v) is 6.32. The van der Waals surface area contributed by atoms with E-state index in [0.717, 1.165) is 49.0 Å². The first-order chi connectivity index (χ1) is 14.2. The molecule has 0 bridgehead atoms. The molecule has 0 aromatic carbocycles. The summed E-state index contributed by atoms with van der Waals surface area (Å²) in [4.78, 5) is 28.5. The van der Waals surface area contributed by atoms with Crippen LogP contribution in [-0.2, 0) is 22.6 Å². The molecule has 1 aliphatic heterocycles. The number of amides is 2. The Hall–Kier alpha value is -2.41. The topological polar surface area (TPSA) is 88.9 Å². The van der Waals surface area contributed by atoms with Gasteiger partial charge in [-0.3, -0.25) is 14.3 Å². The molecule has 2 aromatic heterocycles. The minimum atomic E-state index is -0.141. The number of nitrogens with one attached hydrogen (secondary N) is 2. The van der Waals surface area contributed by atoms with E-state index in [1.807, 2.05) is 16.9 Å². The van der Waals surface area contributed by atoms with Gasteiger partial charge in [-0.05, 0) is 37.2 Å². The van der Waals surface area contributed by atoms with E-state index in [-0.39, 0.29) is 29.2 Å². The summed E-state index contributed by atoms with van der Waals surface area (Å²) in [5.41, 5.74) is 3.16. The van der Waals surface area contributed by atoms with Gasteiger partial charge in [-0.15, -0.1) is 0 Å². The zero-order chi connectivity index (χ0) is 21.5. The number of aromatic nitrogens is 3. The summed E-state index contributed by atoms with van der Waals surface area (Å²) in [5, 5.41) is 10.9. The summed E-state index contributed by atoms with van der Waals surface area (Å²) in [7, 11) is 0. The van der Waals surface area contributed by atoms with Crippen LogP contribution in [0.4, 0.5) is 5.82 Å². The third-order valence-electron chi connectivity index (χ3n) is 6.02. The normalized spacial score (nSPS) is 22.4. The number of hydrogen-bond donors (Lipinski definition) is 2. The highest BCUT2D eigenvalue weighted by molar-refractivity contribution is 6.33. The Labute approximate surface area is 181 Å². The molecule has 1 aliphatic carbocycles. The maximum Gasteiger partial charge on any atom is 0.228 e.